The number of nitrogens with zero attached hydrogens (tertiary/aromatic N) is 2. The Balaban J connectivity index is 2.11. The molecule has 1 heterocycles. The molecule has 1 aliphatic heterocycles. The predicted molar refractivity (Wildman–Crippen MR) is 71.8 cm³/mol. The predicted octanol–water partition coefficient (Wildman–Crippen LogP) is 1.78. The van der Waals surface area contributed by atoms with Gasteiger partial charge in [-0.3, -0.25) is 9.59 Å². The van der Waals surface area contributed by atoms with Crippen molar-refractivity contribution in [2.24, 2.45) is 0 Å². The molecule has 0 saturated carbocycles. The van der Waals surface area contributed by atoms with E-state index in [1.165, 1.54) is 21.9 Å². The number of benzene rings is 1. The summed E-state index contributed by atoms with van der Waals surface area (Å²) in [6.45, 7) is 3.62. The number of halogens is 2. The molecule has 19 heavy (non-hydrogen) atoms. The van der Waals surface area contributed by atoms with Crippen LogP contribution in [0.2, 0.25) is 0 Å². The van der Waals surface area contributed by atoms with Crippen LogP contribution < -0.4 is 0 Å². The number of amides is 2. The smallest absolute Gasteiger partial charge is 0.312 e. The monoisotopic (exact) mass is 328 g/mol. The van der Waals surface area contributed by atoms with E-state index < -0.39 is 11.8 Å². The van der Waals surface area contributed by atoms with E-state index in [0.717, 1.165) is 0 Å². The average Bonchev–Trinajstić information content (AvgIpc) is 2.34. The highest BCUT2D eigenvalue weighted by atomic mass is 79.9. The summed E-state index contributed by atoms with van der Waals surface area (Å²) in [5.41, 5.74) is 0.665. The zero-order chi connectivity index (χ0) is 14.0. The minimum atomic E-state index is -0.520. The third-order valence-corrected chi connectivity index (χ3v) is 3.53. The lowest BCUT2D eigenvalue weighted by Gasteiger charge is -2.33. The third-order valence-electron chi connectivity index (χ3n) is 3.07. The van der Waals surface area contributed by atoms with Gasteiger partial charge in [0.2, 0.25) is 0 Å². The lowest BCUT2D eigenvalue weighted by atomic mass is 10.2. The van der Waals surface area contributed by atoms with E-state index in [2.05, 4.69) is 15.9 Å². The van der Waals surface area contributed by atoms with Crippen LogP contribution in [0, 0.1) is 5.82 Å². The largest absolute Gasteiger partial charge is 0.333 e. The summed E-state index contributed by atoms with van der Waals surface area (Å²) in [6.07, 6.45) is 0. The van der Waals surface area contributed by atoms with E-state index in [4.69, 9.17) is 0 Å². The van der Waals surface area contributed by atoms with Gasteiger partial charge < -0.3 is 9.80 Å². The van der Waals surface area contributed by atoms with Crippen LogP contribution >= 0.6 is 15.9 Å². The number of likely N-dealkylation sites (N-methyl/N-ethyl adjacent to an activating group) is 1. The number of rotatable bonds is 3. The highest BCUT2D eigenvalue weighted by Crippen LogP contribution is 2.17. The maximum atomic E-state index is 13.3. The molecule has 0 unspecified atom stereocenters. The highest BCUT2D eigenvalue weighted by molar-refractivity contribution is 9.10. The molecule has 1 saturated heterocycles. The van der Waals surface area contributed by atoms with Crippen LogP contribution in [0.15, 0.2) is 22.7 Å². The second kappa shape index (κ2) is 5.69. The quantitative estimate of drug-likeness (QED) is 0.793. The van der Waals surface area contributed by atoms with Crippen LogP contribution in [0.3, 0.4) is 0 Å². The van der Waals surface area contributed by atoms with Gasteiger partial charge in [0.1, 0.15) is 5.82 Å². The molecule has 0 aliphatic carbocycles. The number of carbonyl (C=O) groups is 2. The minimum Gasteiger partial charge on any atom is -0.333 e. The first-order chi connectivity index (χ1) is 9.01. The number of carbonyl (C=O) groups excluding carboxylic acids is 2. The molecule has 102 valence electrons. The van der Waals surface area contributed by atoms with Crippen molar-refractivity contribution in [1.29, 1.82) is 0 Å². The van der Waals surface area contributed by atoms with Gasteiger partial charge in [-0.2, -0.15) is 0 Å². The SMILES string of the molecule is CCN1CCN(Cc2cc(F)cc(Br)c2)C(=O)C1=O. The standard InChI is InChI=1S/C13H14BrFN2O2/c1-2-16-3-4-17(13(19)12(16)18)8-9-5-10(14)7-11(15)6-9/h5-7H,2-4,8H2,1H3. The Bertz CT molecular complexity index is 501. The van der Waals surface area contributed by atoms with Crippen molar-refractivity contribution >= 4 is 27.7 Å². The molecule has 4 nitrogen and oxygen atoms in total. The summed E-state index contributed by atoms with van der Waals surface area (Å²) in [7, 11) is 0. The molecule has 0 aromatic heterocycles. The summed E-state index contributed by atoms with van der Waals surface area (Å²) in [5, 5.41) is 0. The van der Waals surface area contributed by atoms with Crippen molar-refractivity contribution in [3.63, 3.8) is 0 Å². The van der Waals surface area contributed by atoms with Crippen molar-refractivity contribution in [3.8, 4) is 0 Å². The highest BCUT2D eigenvalue weighted by Gasteiger charge is 2.31. The molecule has 1 aliphatic rings. The zero-order valence-electron chi connectivity index (χ0n) is 10.5. The Morgan fingerprint density at radius 2 is 1.79 bits per heavy atom. The summed E-state index contributed by atoms with van der Waals surface area (Å²) < 4.78 is 13.9. The molecule has 2 amide bonds. The van der Waals surface area contributed by atoms with Gasteiger partial charge in [-0.1, -0.05) is 15.9 Å². The summed E-state index contributed by atoms with van der Waals surface area (Å²) in [5.74, 6) is -1.37. The Hall–Kier alpha value is -1.43. The van der Waals surface area contributed by atoms with Gasteiger partial charge in [0, 0.05) is 30.7 Å². The molecular weight excluding hydrogens is 315 g/mol. The van der Waals surface area contributed by atoms with Crippen molar-refractivity contribution in [1.82, 2.24) is 9.80 Å². The Kier molecular flexibility index (Phi) is 4.19. The third kappa shape index (κ3) is 3.12. The first-order valence-corrected chi connectivity index (χ1v) is 6.83. The maximum Gasteiger partial charge on any atom is 0.312 e. The van der Waals surface area contributed by atoms with E-state index in [0.29, 0.717) is 29.7 Å². The van der Waals surface area contributed by atoms with E-state index in [9.17, 15) is 14.0 Å². The summed E-state index contributed by atoms with van der Waals surface area (Å²) in [4.78, 5) is 26.6. The van der Waals surface area contributed by atoms with Gasteiger partial charge in [-0.15, -0.1) is 0 Å². The van der Waals surface area contributed by atoms with Crippen molar-refractivity contribution in [3.05, 3.63) is 34.1 Å². The number of hydrogen-bond acceptors (Lipinski definition) is 2. The summed E-state index contributed by atoms with van der Waals surface area (Å²) in [6, 6.07) is 4.47. The van der Waals surface area contributed by atoms with Gasteiger partial charge >= 0.3 is 11.8 Å². The van der Waals surface area contributed by atoms with Gasteiger partial charge in [0.05, 0.1) is 0 Å². The molecular formula is C13H14BrFN2O2. The average molecular weight is 329 g/mol. The fraction of sp³-hybridized carbons (Fsp3) is 0.385. The van der Waals surface area contributed by atoms with Gasteiger partial charge in [0.25, 0.3) is 0 Å². The molecule has 0 bridgehead atoms. The lowest BCUT2D eigenvalue weighted by Crippen LogP contribution is -2.53. The fourth-order valence-electron chi connectivity index (χ4n) is 2.09. The van der Waals surface area contributed by atoms with Gasteiger partial charge in [-0.05, 0) is 30.7 Å². The molecule has 0 atom stereocenters. The molecule has 0 spiro atoms. The van der Waals surface area contributed by atoms with Crippen molar-refractivity contribution in [2.45, 2.75) is 13.5 Å². The number of piperazine rings is 1. The Labute approximate surface area is 119 Å². The molecule has 0 N–H and O–H groups in total. The van der Waals surface area contributed by atoms with Crippen LogP contribution in [0.5, 0.6) is 0 Å². The Morgan fingerprint density at radius 1 is 1.16 bits per heavy atom. The van der Waals surface area contributed by atoms with Gasteiger partial charge in [0.15, 0.2) is 0 Å². The molecule has 6 heteroatoms. The van der Waals surface area contributed by atoms with Crippen LogP contribution in [0.4, 0.5) is 4.39 Å². The molecule has 0 radical (unpaired) electrons. The van der Waals surface area contributed by atoms with Crippen molar-refractivity contribution < 1.29 is 14.0 Å². The van der Waals surface area contributed by atoms with E-state index in [-0.39, 0.29) is 12.4 Å². The first kappa shape index (κ1) is 14.0. The molecule has 1 fully saturated rings. The second-order valence-corrected chi connectivity index (χ2v) is 5.30. The van der Waals surface area contributed by atoms with E-state index >= 15 is 0 Å². The van der Waals surface area contributed by atoms with Crippen LogP contribution in [-0.2, 0) is 16.1 Å². The topological polar surface area (TPSA) is 40.6 Å². The van der Waals surface area contributed by atoms with E-state index in [1.54, 1.807) is 6.07 Å². The number of hydrogen-bond donors (Lipinski definition) is 0. The summed E-state index contributed by atoms with van der Waals surface area (Å²) >= 11 is 3.21. The van der Waals surface area contributed by atoms with Crippen LogP contribution in [0.25, 0.3) is 0 Å². The minimum absolute atomic E-state index is 0.248. The second-order valence-electron chi connectivity index (χ2n) is 4.39. The van der Waals surface area contributed by atoms with Gasteiger partial charge in [-0.25, -0.2) is 4.39 Å². The van der Waals surface area contributed by atoms with Crippen LogP contribution in [0.1, 0.15) is 12.5 Å². The first-order valence-electron chi connectivity index (χ1n) is 6.04. The molecule has 1 aromatic rings. The zero-order valence-corrected chi connectivity index (χ0v) is 12.1. The van der Waals surface area contributed by atoms with E-state index in [1.807, 2.05) is 6.92 Å². The normalized spacial score (nSPS) is 16.2. The molecule has 2 rings (SSSR count). The Morgan fingerprint density at radius 3 is 2.42 bits per heavy atom. The van der Waals surface area contributed by atoms with Crippen LogP contribution in [-0.4, -0.2) is 41.2 Å². The lowest BCUT2D eigenvalue weighted by molar-refractivity contribution is -0.156. The maximum absolute atomic E-state index is 13.3. The molecule has 1 aromatic carbocycles. The fourth-order valence-corrected chi connectivity index (χ4v) is 2.60. The van der Waals surface area contributed by atoms with Crippen molar-refractivity contribution in [2.75, 3.05) is 19.6 Å².